The average Bonchev–Trinajstić information content (AvgIpc) is 3.43. The van der Waals surface area contributed by atoms with Crippen molar-refractivity contribution in [1.82, 2.24) is 10.1 Å². The third-order valence-corrected chi connectivity index (χ3v) is 7.19. The van der Waals surface area contributed by atoms with Crippen LogP contribution in [0.15, 0.2) is 70.4 Å². The summed E-state index contributed by atoms with van der Waals surface area (Å²) < 4.78 is 57.3. The number of ether oxygens (including phenoxy) is 2. The fourth-order valence-electron chi connectivity index (χ4n) is 3.71. The second kappa shape index (κ2) is 11.7. The van der Waals surface area contributed by atoms with Crippen LogP contribution in [0, 0.1) is 5.82 Å². The molecule has 2 aromatic heterocycles. The molecule has 0 bridgehead atoms. The lowest BCUT2D eigenvalue weighted by molar-refractivity contribution is -0.117. The quantitative estimate of drug-likeness (QED) is 0.251. The van der Waals surface area contributed by atoms with E-state index in [0.717, 1.165) is 6.20 Å². The van der Waals surface area contributed by atoms with Crippen LogP contribution in [0.3, 0.4) is 0 Å². The number of rotatable bonds is 10. The molecule has 0 saturated heterocycles. The first kappa shape index (κ1) is 27.9. The molecule has 0 fully saturated rings. The zero-order chi connectivity index (χ0) is 28.2. The number of nitrogens with one attached hydrogen (secondary N) is 1. The Bertz CT molecular complexity index is 1580. The average molecular weight is 575 g/mol. The molecule has 10 nitrogen and oxygen atoms in total. The standard InChI is InChI=1S/C26H24ClFN4O6S/c1-4-26(33)32(25-9-7-17(15-29-25)39(34,35)31-24-10-11-38-30-24)21-14-19(27)18(13-23(21)36-3)16-6-8-20(28)22(12-16)37-5-2/h6-15H,4-5H2,1-3H3,(H,30,31). The van der Waals surface area contributed by atoms with Gasteiger partial charge in [0.15, 0.2) is 17.4 Å². The fraction of sp³-hybridized carbons (Fsp3) is 0.192. The van der Waals surface area contributed by atoms with Gasteiger partial charge in [0.25, 0.3) is 10.0 Å². The maximum atomic E-state index is 14.1. The number of anilines is 3. The van der Waals surface area contributed by atoms with Crippen LogP contribution in [0.4, 0.5) is 21.7 Å². The first-order chi connectivity index (χ1) is 18.7. The van der Waals surface area contributed by atoms with E-state index in [-0.39, 0.29) is 57.7 Å². The summed E-state index contributed by atoms with van der Waals surface area (Å²) in [5, 5.41) is 3.79. The van der Waals surface area contributed by atoms with Gasteiger partial charge in [-0.2, -0.15) is 0 Å². The molecule has 0 aliphatic heterocycles. The number of benzene rings is 2. The first-order valence-corrected chi connectivity index (χ1v) is 13.6. The zero-order valence-electron chi connectivity index (χ0n) is 21.1. The summed E-state index contributed by atoms with van der Waals surface area (Å²) >= 11 is 6.64. The minimum absolute atomic E-state index is 0.0101. The van der Waals surface area contributed by atoms with Crippen LogP contribution in [-0.4, -0.2) is 38.2 Å². The van der Waals surface area contributed by atoms with Crippen molar-refractivity contribution in [2.75, 3.05) is 23.3 Å². The molecule has 2 aromatic carbocycles. The van der Waals surface area contributed by atoms with E-state index >= 15 is 0 Å². The molecular formula is C26H24ClFN4O6S. The largest absolute Gasteiger partial charge is 0.495 e. The molecule has 39 heavy (non-hydrogen) atoms. The smallest absolute Gasteiger partial charge is 0.264 e. The fourth-order valence-corrected chi connectivity index (χ4v) is 4.91. The van der Waals surface area contributed by atoms with Crippen LogP contribution in [0.2, 0.25) is 5.02 Å². The minimum Gasteiger partial charge on any atom is -0.495 e. The number of methoxy groups -OCH3 is 1. The molecular weight excluding hydrogens is 551 g/mol. The Morgan fingerprint density at radius 2 is 1.92 bits per heavy atom. The number of nitrogens with zero attached hydrogens (tertiary/aromatic N) is 3. The van der Waals surface area contributed by atoms with Crippen molar-refractivity contribution < 1.29 is 31.6 Å². The summed E-state index contributed by atoms with van der Waals surface area (Å²) in [7, 11) is -2.57. The van der Waals surface area contributed by atoms with E-state index in [4.69, 9.17) is 21.1 Å². The highest BCUT2D eigenvalue weighted by Crippen LogP contribution is 2.42. The van der Waals surface area contributed by atoms with E-state index in [2.05, 4.69) is 19.4 Å². The number of aromatic nitrogens is 2. The van der Waals surface area contributed by atoms with Crippen molar-refractivity contribution in [3.05, 3.63) is 71.8 Å². The summed E-state index contributed by atoms with van der Waals surface area (Å²) in [6, 6.07) is 11.6. The van der Waals surface area contributed by atoms with Gasteiger partial charge in [-0.1, -0.05) is 29.7 Å². The van der Waals surface area contributed by atoms with Crippen molar-refractivity contribution >= 4 is 44.9 Å². The molecule has 204 valence electrons. The molecule has 1 N–H and O–H groups in total. The number of pyridine rings is 1. The molecule has 13 heteroatoms. The number of hydrogen-bond donors (Lipinski definition) is 1. The van der Waals surface area contributed by atoms with Crippen molar-refractivity contribution in [3.8, 4) is 22.6 Å². The number of carbonyl (C=O) groups is 1. The number of halogens is 2. The van der Waals surface area contributed by atoms with Crippen LogP contribution in [0.5, 0.6) is 11.5 Å². The second-order valence-corrected chi connectivity index (χ2v) is 10.1. The van der Waals surface area contributed by atoms with Gasteiger partial charge in [-0.3, -0.25) is 14.4 Å². The molecule has 0 saturated carbocycles. The molecule has 1 amide bonds. The molecule has 0 atom stereocenters. The lowest BCUT2D eigenvalue weighted by Gasteiger charge is -2.24. The van der Waals surface area contributed by atoms with Gasteiger partial charge in [0.2, 0.25) is 5.91 Å². The zero-order valence-corrected chi connectivity index (χ0v) is 22.7. The Morgan fingerprint density at radius 3 is 2.54 bits per heavy atom. The molecule has 2 heterocycles. The highest BCUT2D eigenvalue weighted by molar-refractivity contribution is 7.92. The van der Waals surface area contributed by atoms with Gasteiger partial charge in [-0.15, -0.1) is 0 Å². The Hall–Kier alpha value is -4.16. The summed E-state index contributed by atoms with van der Waals surface area (Å²) in [6.07, 6.45) is 2.45. The maximum absolute atomic E-state index is 14.1. The Morgan fingerprint density at radius 1 is 1.13 bits per heavy atom. The summed E-state index contributed by atoms with van der Waals surface area (Å²) in [5.41, 5.74) is 1.39. The number of amides is 1. The predicted molar refractivity (Wildman–Crippen MR) is 144 cm³/mol. The number of hydrogen-bond acceptors (Lipinski definition) is 8. The SMILES string of the molecule is CCOc1cc(-c2cc(OC)c(N(C(=O)CC)c3ccc(S(=O)(=O)Nc4ccon4)cn3)cc2Cl)ccc1F. The van der Waals surface area contributed by atoms with E-state index < -0.39 is 15.8 Å². The van der Waals surface area contributed by atoms with Crippen molar-refractivity contribution in [2.24, 2.45) is 0 Å². The van der Waals surface area contributed by atoms with Crippen LogP contribution in [-0.2, 0) is 14.8 Å². The van der Waals surface area contributed by atoms with Gasteiger partial charge in [-0.05, 0) is 48.9 Å². The number of sulfonamides is 1. The van der Waals surface area contributed by atoms with Gasteiger partial charge < -0.3 is 14.0 Å². The molecule has 0 unspecified atom stereocenters. The maximum Gasteiger partial charge on any atom is 0.264 e. The van der Waals surface area contributed by atoms with E-state index in [1.165, 1.54) is 54.7 Å². The summed E-state index contributed by atoms with van der Waals surface area (Å²) in [5.74, 6) is -0.339. The highest BCUT2D eigenvalue weighted by atomic mass is 35.5. The van der Waals surface area contributed by atoms with E-state index in [0.29, 0.717) is 11.1 Å². The van der Waals surface area contributed by atoms with Crippen molar-refractivity contribution in [2.45, 2.75) is 25.2 Å². The third-order valence-electron chi connectivity index (χ3n) is 5.54. The van der Waals surface area contributed by atoms with Gasteiger partial charge in [-0.25, -0.2) is 17.8 Å². The van der Waals surface area contributed by atoms with Gasteiger partial charge in [0, 0.05) is 24.2 Å². The van der Waals surface area contributed by atoms with Crippen LogP contribution in [0.25, 0.3) is 11.1 Å². The van der Waals surface area contributed by atoms with E-state index in [9.17, 15) is 17.6 Å². The van der Waals surface area contributed by atoms with Crippen LogP contribution >= 0.6 is 11.6 Å². The minimum atomic E-state index is -4.00. The summed E-state index contributed by atoms with van der Waals surface area (Å²) in [4.78, 5) is 18.4. The molecule has 0 spiro atoms. The monoisotopic (exact) mass is 574 g/mol. The molecule has 4 aromatic rings. The molecule has 0 aliphatic carbocycles. The van der Waals surface area contributed by atoms with Crippen molar-refractivity contribution in [1.29, 1.82) is 0 Å². The van der Waals surface area contributed by atoms with E-state index in [1.807, 2.05) is 0 Å². The Labute approximate surface area is 229 Å². The van der Waals surface area contributed by atoms with E-state index in [1.54, 1.807) is 26.0 Å². The second-order valence-electron chi connectivity index (χ2n) is 8.01. The van der Waals surface area contributed by atoms with Gasteiger partial charge in [0.1, 0.15) is 22.7 Å². The molecule has 4 rings (SSSR count). The van der Waals surface area contributed by atoms with Crippen molar-refractivity contribution in [3.63, 3.8) is 0 Å². The van der Waals surface area contributed by atoms with Gasteiger partial charge >= 0.3 is 0 Å². The van der Waals surface area contributed by atoms with Gasteiger partial charge in [0.05, 0.1) is 24.4 Å². The Balaban J connectivity index is 1.74. The number of carbonyl (C=O) groups excluding carboxylic acids is 1. The van der Waals surface area contributed by atoms with Crippen LogP contribution in [0.1, 0.15) is 20.3 Å². The lowest BCUT2D eigenvalue weighted by atomic mass is 10.0. The summed E-state index contributed by atoms with van der Waals surface area (Å²) in [6.45, 7) is 3.71. The third kappa shape index (κ3) is 5.96. The van der Waals surface area contributed by atoms with Crippen LogP contribution < -0.4 is 19.1 Å². The molecule has 0 radical (unpaired) electrons. The predicted octanol–water partition coefficient (Wildman–Crippen LogP) is 5.81. The lowest BCUT2D eigenvalue weighted by Crippen LogP contribution is -2.26. The highest BCUT2D eigenvalue weighted by Gasteiger charge is 2.25. The first-order valence-electron chi connectivity index (χ1n) is 11.7. The topological polar surface area (TPSA) is 124 Å². The normalized spacial score (nSPS) is 11.2. The Kier molecular flexibility index (Phi) is 8.36. The molecule has 0 aliphatic rings.